The van der Waals surface area contributed by atoms with E-state index < -0.39 is 24.5 Å². The number of hydrogen-bond donors (Lipinski definition) is 1. The van der Waals surface area contributed by atoms with E-state index in [4.69, 9.17) is 9.47 Å². The first-order valence-corrected chi connectivity index (χ1v) is 9.58. The first-order valence-electron chi connectivity index (χ1n) is 9.58. The van der Waals surface area contributed by atoms with Gasteiger partial charge in [0.1, 0.15) is 0 Å². The third kappa shape index (κ3) is 6.07. The van der Waals surface area contributed by atoms with Gasteiger partial charge in [-0.25, -0.2) is 9.59 Å². The van der Waals surface area contributed by atoms with Gasteiger partial charge in [0.15, 0.2) is 6.61 Å². The van der Waals surface area contributed by atoms with E-state index in [-0.39, 0.29) is 12.2 Å². The summed E-state index contributed by atoms with van der Waals surface area (Å²) in [6.07, 6.45) is 0. The molecule has 2 aromatic carbocycles. The van der Waals surface area contributed by atoms with Gasteiger partial charge in [-0.15, -0.1) is 0 Å². The van der Waals surface area contributed by atoms with E-state index in [1.54, 1.807) is 43.3 Å². The number of hydrogen-bond acceptors (Lipinski definition) is 6. The van der Waals surface area contributed by atoms with E-state index in [1.165, 1.54) is 0 Å². The highest BCUT2D eigenvalue weighted by molar-refractivity contribution is 6.02. The Morgan fingerprint density at radius 3 is 2.14 bits per heavy atom. The van der Waals surface area contributed by atoms with Gasteiger partial charge in [0.05, 0.1) is 23.4 Å². The maximum Gasteiger partial charge on any atom is 0.340 e. The molecule has 0 heterocycles. The quantitative estimate of drug-likeness (QED) is 0.651. The maximum atomic E-state index is 12.2. The summed E-state index contributed by atoms with van der Waals surface area (Å²) in [6, 6.07) is 13.5. The van der Waals surface area contributed by atoms with E-state index in [9.17, 15) is 14.4 Å². The molecule has 0 radical (unpaired) electrons. The van der Waals surface area contributed by atoms with E-state index in [0.717, 1.165) is 18.8 Å². The highest BCUT2D eigenvalue weighted by atomic mass is 16.5. The Balaban J connectivity index is 1.94. The number of anilines is 2. The zero-order valence-corrected chi connectivity index (χ0v) is 16.9. The summed E-state index contributed by atoms with van der Waals surface area (Å²) in [6.45, 7) is 7.32. The van der Waals surface area contributed by atoms with Crippen LogP contribution in [0.5, 0.6) is 0 Å². The minimum absolute atomic E-state index is 0.228. The lowest BCUT2D eigenvalue weighted by atomic mass is 10.2. The molecule has 0 bridgehead atoms. The lowest BCUT2D eigenvalue weighted by molar-refractivity contribution is -0.119. The Bertz CT molecular complexity index is 845. The van der Waals surface area contributed by atoms with Crippen LogP contribution >= 0.6 is 0 Å². The number of rotatable bonds is 9. The molecule has 0 aromatic heterocycles. The van der Waals surface area contributed by atoms with Crippen molar-refractivity contribution in [2.75, 3.05) is 36.5 Å². The molecule has 0 aliphatic rings. The van der Waals surface area contributed by atoms with Crippen molar-refractivity contribution < 1.29 is 23.9 Å². The number of carbonyl (C=O) groups excluding carboxylic acids is 3. The van der Waals surface area contributed by atoms with Gasteiger partial charge in [0.25, 0.3) is 5.91 Å². The molecule has 0 spiro atoms. The first-order chi connectivity index (χ1) is 14.0. The minimum Gasteiger partial charge on any atom is -0.462 e. The monoisotopic (exact) mass is 398 g/mol. The molecule has 0 unspecified atom stereocenters. The van der Waals surface area contributed by atoms with Gasteiger partial charge in [0, 0.05) is 18.8 Å². The minimum atomic E-state index is -0.593. The molecule has 1 N–H and O–H groups in total. The van der Waals surface area contributed by atoms with E-state index in [2.05, 4.69) is 24.1 Å². The van der Waals surface area contributed by atoms with Crippen molar-refractivity contribution in [3.05, 3.63) is 59.7 Å². The molecular weight excluding hydrogens is 372 g/mol. The van der Waals surface area contributed by atoms with Crippen LogP contribution in [0.25, 0.3) is 0 Å². The van der Waals surface area contributed by atoms with Crippen LogP contribution < -0.4 is 10.2 Å². The number of ether oxygens (including phenoxy) is 2. The molecule has 0 aliphatic carbocycles. The van der Waals surface area contributed by atoms with Crippen molar-refractivity contribution in [3.63, 3.8) is 0 Å². The van der Waals surface area contributed by atoms with E-state index in [0.29, 0.717) is 11.3 Å². The number of nitrogens with one attached hydrogen (secondary N) is 1. The van der Waals surface area contributed by atoms with Crippen molar-refractivity contribution >= 4 is 29.2 Å². The molecule has 2 aromatic rings. The normalized spacial score (nSPS) is 10.2. The first kappa shape index (κ1) is 21.9. The SMILES string of the molecule is CCOC(=O)c1ccccc1NC(=O)COC(=O)c1ccc(N(CC)CC)cc1. The van der Waals surface area contributed by atoms with Crippen molar-refractivity contribution in [1.29, 1.82) is 0 Å². The summed E-state index contributed by atoms with van der Waals surface area (Å²) in [5.41, 5.74) is 1.91. The van der Waals surface area contributed by atoms with Crippen LogP contribution in [0.1, 0.15) is 41.5 Å². The molecule has 0 saturated carbocycles. The molecular formula is C22H26N2O5. The van der Waals surface area contributed by atoms with Gasteiger partial charge in [-0.2, -0.15) is 0 Å². The second-order valence-electron chi connectivity index (χ2n) is 6.11. The van der Waals surface area contributed by atoms with Crippen LogP contribution in [0.15, 0.2) is 48.5 Å². The Hall–Kier alpha value is -3.35. The maximum absolute atomic E-state index is 12.2. The molecule has 0 saturated heterocycles. The van der Waals surface area contributed by atoms with E-state index in [1.807, 2.05) is 12.1 Å². The van der Waals surface area contributed by atoms with Gasteiger partial charge in [-0.1, -0.05) is 12.1 Å². The van der Waals surface area contributed by atoms with Gasteiger partial charge in [-0.05, 0) is 57.2 Å². The zero-order chi connectivity index (χ0) is 21.2. The zero-order valence-electron chi connectivity index (χ0n) is 16.9. The Kier molecular flexibility index (Phi) is 8.21. The van der Waals surface area contributed by atoms with E-state index >= 15 is 0 Å². The van der Waals surface area contributed by atoms with Crippen LogP contribution in [0.3, 0.4) is 0 Å². The Morgan fingerprint density at radius 1 is 0.862 bits per heavy atom. The lowest BCUT2D eigenvalue weighted by Crippen LogP contribution is -2.23. The summed E-state index contributed by atoms with van der Waals surface area (Å²) in [5.74, 6) is -1.67. The molecule has 0 fully saturated rings. The highest BCUT2D eigenvalue weighted by Gasteiger charge is 2.15. The molecule has 0 aliphatic heterocycles. The van der Waals surface area contributed by atoms with Crippen LogP contribution in [0.2, 0.25) is 0 Å². The lowest BCUT2D eigenvalue weighted by Gasteiger charge is -2.20. The third-order valence-electron chi connectivity index (χ3n) is 4.26. The fourth-order valence-corrected chi connectivity index (χ4v) is 2.78. The predicted octanol–water partition coefficient (Wildman–Crippen LogP) is 3.51. The van der Waals surface area contributed by atoms with Gasteiger partial charge in [-0.3, -0.25) is 4.79 Å². The number of nitrogens with zero attached hydrogens (tertiary/aromatic N) is 1. The number of para-hydroxylation sites is 1. The van der Waals surface area contributed by atoms with Crippen LogP contribution in [0.4, 0.5) is 11.4 Å². The van der Waals surface area contributed by atoms with Crippen LogP contribution in [-0.4, -0.2) is 44.1 Å². The van der Waals surface area contributed by atoms with Crippen molar-refractivity contribution in [3.8, 4) is 0 Å². The van der Waals surface area contributed by atoms with Crippen LogP contribution in [0, 0.1) is 0 Å². The molecule has 1 amide bonds. The average molecular weight is 398 g/mol. The van der Waals surface area contributed by atoms with Gasteiger partial charge >= 0.3 is 11.9 Å². The third-order valence-corrected chi connectivity index (χ3v) is 4.26. The fourth-order valence-electron chi connectivity index (χ4n) is 2.78. The molecule has 29 heavy (non-hydrogen) atoms. The number of benzene rings is 2. The molecule has 2 rings (SSSR count). The average Bonchev–Trinajstić information content (AvgIpc) is 2.74. The molecule has 7 heteroatoms. The van der Waals surface area contributed by atoms with Gasteiger partial charge < -0.3 is 19.7 Å². The number of carbonyl (C=O) groups is 3. The second-order valence-corrected chi connectivity index (χ2v) is 6.11. The van der Waals surface area contributed by atoms with Crippen LogP contribution in [-0.2, 0) is 14.3 Å². The summed E-state index contributed by atoms with van der Waals surface area (Å²) < 4.78 is 10.1. The highest BCUT2D eigenvalue weighted by Crippen LogP contribution is 2.17. The standard InChI is InChI=1S/C22H26N2O5/c1-4-24(5-2)17-13-11-16(12-14-17)21(26)29-15-20(25)23-19-10-8-7-9-18(19)22(27)28-6-3/h7-14H,4-6,15H2,1-3H3,(H,23,25). The fraction of sp³-hybridized carbons (Fsp3) is 0.318. The Labute approximate surface area is 170 Å². The van der Waals surface area contributed by atoms with Gasteiger partial charge in [0.2, 0.25) is 0 Å². The largest absolute Gasteiger partial charge is 0.462 e. The summed E-state index contributed by atoms with van der Waals surface area (Å²) >= 11 is 0. The number of amides is 1. The predicted molar refractivity (Wildman–Crippen MR) is 111 cm³/mol. The Morgan fingerprint density at radius 2 is 1.52 bits per heavy atom. The van der Waals surface area contributed by atoms with Crippen molar-refractivity contribution in [1.82, 2.24) is 0 Å². The topological polar surface area (TPSA) is 84.9 Å². The smallest absolute Gasteiger partial charge is 0.340 e. The summed E-state index contributed by atoms with van der Waals surface area (Å²) in [5, 5.41) is 2.57. The number of esters is 2. The molecule has 0 atom stereocenters. The second kappa shape index (κ2) is 10.8. The molecule has 7 nitrogen and oxygen atoms in total. The molecule has 154 valence electrons. The summed E-state index contributed by atoms with van der Waals surface area (Å²) in [4.78, 5) is 38.5. The summed E-state index contributed by atoms with van der Waals surface area (Å²) in [7, 11) is 0. The van der Waals surface area contributed by atoms with Crippen molar-refractivity contribution in [2.45, 2.75) is 20.8 Å². The van der Waals surface area contributed by atoms with Crippen molar-refractivity contribution in [2.24, 2.45) is 0 Å².